The molecule has 1 amide bonds. The van der Waals surface area contributed by atoms with E-state index in [0.717, 1.165) is 0 Å². The quantitative estimate of drug-likeness (QED) is 0.742. The van der Waals surface area contributed by atoms with Crippen LogP contribution in [0.2, 0.25) is 0 Å². The van der Waals surface area contributed by atoms with Crippen molar-refractivity contribution in [2.24, 2.45) is 5.92 Å². The highest BCUT2D eigenvalue weighted by Crippen LogP contribution is 2.54. The number of rotatable bonds is 0. The number of alkyl halides is 3. The molecule has 3 rings (SSSR count). The molecule has 0 saturated carbocycles. The molecule has 0 aromatic heterocycles. The Morgan fingerprint density at radius 1 is 1.30 bits per heavy atom. The van der Waals surface area contributed by atoms with E-state index in [0.29, 0.717) is 0 Å². The third kappa shape index (κ3) is 2.32. The highest BCUT2D eigenvalue weighted by atomic mass is 19.4. The zero-order valence-electron chi connectivity index (χ0n) is 12.2. The number of amides is 1. The summed E-state index contributed by atoms with van der Waals surface area (Å²) in [6.45, 7) is 3.05. The van der Waals surface area contributed by atoms with E-state index in [4.69, 9.17) is 9.47 Å². The smallest absolute Gasteiger partial charge is 0.445 e. The molecule has 5 nitrogen and oxygen atoms in total. The van der Waals surface area contributed by atoms with Gasteiger partial charge in [-0.25, -0.2) is 4.79 Å². The Morgan fingerprint density at radius 2 is 2.04 bits per heavy atom. The molecule has 23 heavy (non-hydrogen) atoms. The normalized spacial score (nSPS) is 21.9. The lowest BCUT2D eigenvalue weighted by Gasteiger charge is -2.36. The van der Waals surface area contributed by atoms with Crippen molar-refractivity contribution in [1.29, 1.82) is 0 Å². The lowest BCUT2D eigenvalue weighted by Crippen LogP contribution is -2.49. The van der Waals surface area contributed by atoms with Gasteiger partial charge in [0.1, 0.15) is 0 Å². The van der Waals surface area contributed by atoms with E-state index >= 15 is 0 Å². The lowest BCUT2D eigenvalue weighted by molar-refractivity contribution is -0.239. The molecule has 8 heteroatoms. The van der Waals surface area contributed by atoms with Crippen molar-refractivity contribution in [3.63, 3.8) is 0 Å². The molecule has 0 aliphatic carbocycles. The van der Waals surface area contributed by atoms with Crippen molar-refractivity contribution >= 4 is 11.8 Å². The molecule has 2 aliphatic heterocycles. The Morgan fingerprint density at radius 3 is 2.70 bits per heavy atom. The van der Waals surface area contributed by atoms with Crippen LogP contribution in [-0.2, 0) is 10.3 Å². The summed E-state index contributed by atoms with van der Waals surface area (Å²) in [7, 11) is 0. The average molecular weight is 327 g/mol. The molecule has 1 aromatic rings. The fourth-order valence-corrected chi connectivity index (χ4v) is 2.36. The number of carbonyl (C=O) groups is 1. The largest absolute Gasteiger partial charge is 0.454 e. The molecule has 1 aromatic carbocycles. The Labute approximate surface area is 129 Å². The topological polar surface area (TPSA) is 56.8 Å². The van der Waals surface area contributed by atoms with Gasteiger partial charge >= 0.3 is 12.3 Å². The summed E-state index contributed by atoms with van der Waals surface area (Å²) in [5.41, 5.74) is -3.57. The van der Waals surface area contributed by atoms with E-state index < -0.39 is 23.4 Å². The molecule has 0 spiro atoms. The van der Waals surface area contributed by atoms with Gasteiger partial charge < -0.3 is 14.2 Å². The van der Waals surface area contributed by atoms with E-state index in [2.05, 4.69) is 21.9 Å². The minimum absolute atomic E-state index is 0.0686. The van der Waals surface area contributed by atoms with Gasteiger partial charge in [0, 0.05) is 5.92 Å². The van der Waals surface area contributed by atoms with Crippen molar-refractivity contribution in [2.75, 3.05) is 12.1 Å². The number of benzene rings is 1. The molecule has 1 N–H and O–H groups in total. The highest BCUT2D eigenvalue weighted by Gasteiger charge is 2.64. The Balaban J connectivity index is 2.32. The van der Waals surface area contributed by atoms with Crippen LogP contribution < -0.4 is 14.8 Å². The second-order valence-electron chi connectivity index (χ2n) is 5.34. The predicted octanol–water partition coefficient (Wildman–Crippen LogP) is 3.39. The van der Waals surface area contributed by atoms with Crippen LogP contribution in [0.15, 0.2) is 12.1 Å². The summed E-state index contributed by atoms with van der Waals surface area (Å²) in [6, 6.07) is 2.73. The minimum Gasteiger partial charge on any atom is -0.454 e. The second kappa shape index (κ2) is 4.98. The highest BCUT2D eigenvalue weighted by molar-refractivity contribution is 5.91. The summed E-state index contributed by atoms with van der Waals surface area (Å²) in [5, 5.41) is 2.24. The Hall–Kier alpha value is -2.56. The fourth-order valence-electron chi connectivity index (χ4n) is 2.36. The van der Waals surface area contributed by atoms with E-state index in [-0.39, 0.29) is 29.9 Å². The van der Waals surface area contributed by atoms with Crippen molar-refractivity contribution in [1.82, 2.24) is 0 Å². The molecular formula is C15H12F3NO4. The fraction of sp³-hybridized carbons (Fsp3) is 0.400. The third-order valence-electron chi connectivity index (χ3n) is 3.31. The number of hydrogen-bond acceptors (Lipinski definition) is 4. The molecule has 2 aliphatic rings. The van der Waals surface area contributed by atoms with Crippen molar-refractivity contribution in [2.45, 2.75) is 25.6 Å². The number of carbonyl (C=O) groups excluding carboxylic acids is 1. The second-order valence-corrected chi connectivity index (χ2v) is 5.34. The zero-order valence-corrected chi connectivity index (χ0v) is 12.2. The van der Waals surface area contributed by atoms with Gasteiger partial charge in [-0.1, -0.05) is 19.8 Å². The molecule has 0 radical (unpaired) electrons. The maximum Gasteiger partial charge on any atom is 0.445 e. The van der Waals surface area contributed by atoms with Crippen LogP contribution in [0.1, 0.15) is 19.4 Å². The summed E-state index contributed by atoms with van der Waals surface area (Å²) in [6.07, 6.45) is -6.19. The number of anilines is 1. The lowest BCUT2D eigenvalue weighted by atomic mass is 9.88. The van der Waals surface area contributed by atoms with E-state index in [1.165, 1.54) is 12.1 Å². The molecule has 0 fully saturated rings. The molecule has 2 heterocycles. The summed E-state index contributed by atoms with van der Waals surface area (Å²) in [5.74, 6) is 4.21. The van der Waals surface area contributed by atoms with Gasteiger partial charge in [-0.2, -0.15) is 13.2 Å². The first kappa shape index (κ1) is 15.3. The number of nitrogens with one attached hydrogen (secondary N) is 1. The summed E-state index contributed by atoms with van der Waals surface area (Å²) < 4.78 is 56.5. The van der Waals surface area contributed by atoms with E-state index in [1.54, 1.807) is 13.8 Å². The summed E-state index contributed by atoms with van der Waals surface area (Å²) in [4.78, 5) is 11.7. The van der Waals surface area contributed by atoms with Gasteiger partial charge in [-0.05, 0) is 18.1 Å². The van der Waals surface area contributed by atoms with Crippen LogP contribution in [0.4, 0.5) is 23.7 Å². The molecular weight excluding hydrogens is 315 g/mol. The first-order valence-corrected chi connectivity index (χ1v) is 6.77. The van der Waals surface area contributed by atoms with Gasteiger partial charge in [-0.3, -0.25) is 5.32 Å². The number of fused-ring (bicyclic) bond motifs is 3. The Bertz CT molecular complexity index is 733. The van der Waals surface area contributed by atoms with Gasteiger partial charge in [0.05, 0.1) is 11.3 Å². The Kier molecular flexibility index (Phi) is 3.32. The summed E-state index contributed by atoms with van der Waals surface area (Å²) >= 11 is 0. The number of hydrogen-bond donors (Lipinski definition) is 1. The van der Waals surface area contributed by atoms with Gasteiger partial charge in [0.2, 0.25) is 6.79 Å². The van der Waals surface area contributed by atoms with E-state index in [1.807, 2.05) is 0 Å². The van der Waals surface area contributed by atoms with Crippen LogP contribution >= 0.6 is 0 Å². The monoisotopic (exact) mass is 327 g/mol. The molecule has 1 atom stereocenters. The van der Waals surface area contributed by atoms with Crippen LogP contribution in [0.3, 0.4) is 0 Å². The van der Waals surface area contributed by atoms with Crippen molar-refractivity contribution < 1.29 is 32.2 Å². The SMILES string of the molecule is CC(C)C#CC1(C(F)(F)F)OC(=O)Nc2ccc3c(c21)OCO3. The maximum absolute atomic E-state index is 13.9. The van der Waals surface area contributed by atoms with Gasteiger partial charge in [0.25, 0.3) is 5.60 Å². The molecule has 122 valence electrons. The van der Waals surface area contributed by atoms with Gasteiger partial charge in [-0.15, -0.1) is 0 Å². The average Bonchev–Trinajstić information content (AvgIpc) is 2.91. The first-order valence-electron chi connectivity index (χ1n) is 6.77. The number of ether oxygens (including phenoxy) is 3. The number of halogens is 3. The zero-order chi connectivity index (χ0) is 16.8. The molecule has 0 bridgehead atoms. The van der Waals surface area contributed by atoms with Crippen molar-refractivity contribution in [3.8, 4) is 23.3 Å². The van der Waals surface area contributed by atoms with Crippen LogP contribution in [0.5, 0.6) is 11.5 Å². The van der Waals surface area contributed by atoms with Crippen LogP contribution in [-0.4, -0.2) is 19.1 Å². The predicted molar refractivity (Wildman–Crippen MR) is 73.0 cm³/mol. The van der Waals surface area contributed by atoms with Crippen LogP contribution in [0, 0.1) is 17.8 Å². The van der Waals surface area contributed by atoms with E-state index in [9.17, 15) is 18.0 Å². The molecule has 0 saturated heterocycles. The minimum atomic E-state index is -4.96. The maximum atomic E-state index is 13.9. The van der Waals surface area contributed by atoms with Gasteiger partial charge in [0.15, 0.2) is 11.5 Å². The number of cyclic esters (lactones) is 1. The molecule has 1 unspecified atom stereocenters. The van der Waals surface area contributed by atoms with Crippen molar-refractivity contribution in [3.05, 3.63) is 17.7 Å². The first-order chi connectivity index (χ1) is 10.7. The third-order valence-corrected chi connectivity index (χ3v) is 3.31. The standard InChI is InChI=1S/C15H12F3NO4/c1-8(2)5-6-14(15(16,17)18)11-9(19-13(20)23-14)3-4-10-12(11)22-7-21-10/h3-4,8H,7H2,1-2H3,(H,19,20). The van der Waals surface area contributed by atoms with Crippen LogP contribution in [0.25, 0.3) is 0 Å².